The molecule has 1 unspecified atom stereocenters. The topological polar surface area (TPSA) is 86.5 Å². The quantitative estimate of drug-likeness (QED) is 0.801. The monoisotopic (exact) mass is 259 g/mol. The number of hydrogen-bond acceptors (Lipinski definition) is 4. The number of ether oxygens (including phenoxy) is 1. The van der Waals surface area contributed by atoms with E-state index in [4.69, 9.17) is 10.5 Å². The second kappa shape index (κ2) is 3.99. The highest BCUT2D eigenvalue weighted by Gasteiger charge is 2.33. The maximum absolute atomic E-state index is 13.4. The summed E-state index contributed by atoms with van der Waals surface area (Å²) >= 11 is 0. The summed E-state index contributed by atoms with van der Waals surface area (Å²) in [5.74, 6) is -0.724. The first kappa shape index (κ1) is 11.8. The fourth-order valence-corrected chi connectivity index (χ4v) is 2.94. The Morgan fingerprint density at radius 3 is 2.82 bits per heavy atom. The normalized spacial score (nSPS) is 22.1. The molecule has 1 atom stereocenters. The maximum Gasteiger partial charge on any atom is 0.248 e. The molecule has 1 amide bonds. The number of sulfone groups is 1. The van der Waals surface area contributed by atoms with E-state index in [0.29, 0.717) is 0 Å². The van der Waals surface area contributed by atoms with E-state index < -0.39 is 21.2 Å². The molecule has 1 aliphatic rings. The van der Waals surface area contributed by atoms with Crippen LogP contribution >= 0.6 is 0 Å². The lowest BCUT2D eigenvalue weighted by atomic mass is 10.2. The predicted molar refractivity (Wildman–Crippen MR) is 57.2 cm³/mol. The number of fused-ring (bicyclic) bond motifs is 1. The number of primary amides is 1. The standard InChI is InChI=1S/C10H10FNO4S/c11-9-3-4-16-7-2-1-6(10(12)13)5-8(7)17(9,14)15/h1-2,5,9H,3-4H2,(H2,12,13). The minimum Gasteiger partial charge on any atom is -0.492 e. The molecule has 1 heterocycles. The molecule has 1 aliphatic heterocycles. The lowest BCUT2D eigenvalue weighted by Gasteiger charge is -2.08. The number of rotatable bonds is 1. The van der Waals surface area contributed by atoms with Gasteiger partial charge < -0.3 is 10.5 Å². The third kappa shape index (κ3) is 1.97. The van der Waals surface area contributed by atoms with Crippen LogP contribution in [0, 0.1) is 0 Å². The second-order valence-electron chi connectivity index (χ2n) is 3.62. The average molecular weight is 259 g/mol. The Labute approximate surface area is 97.3 Å². The van der Waals surface area contributed by atoms with Gasteiger partial charge in [-0.05, 0) is 18.2 Å². The van der Waals surface area contributed by atoms with Gasteiger partial charge in [-0.1, -0.05) is 0 Å². The summed E-state index contributed by atoms with van der Waals surface area (Å²) in [6.45, 7) is -0.0245. The highest BCUT2D eigenvalue weighted by atomic mass is 32.2. The molecule has 5 nitrogen and oxygen atoms in total. The molecule has 92 valence electrons. The van der Waals surface area contributed by atoms with Crippen LogP contribution < -0.4 is 10.5 Å². The van der Waals surface area contributed by atoms with Crippen LogP contribution in [0.4, 0.5) is 4.39 Å². The number of hydrogen-bond donors (Lipinski definition) is 1. The van der Waals surface area contributed by atoms with Crippen molar-refractivity contribution in [3.05, 3.63) is 23.8 Å². The summed E-state index contributed by atoms with van der Waals surface area (Å²) in [4.78, 5) is 10.6. The zero-order valence-electron chi connectivity index (χ0n) is 8.72. The largest absolute Gasteiger partial charge is 0.492 e. The molecular formula is C10H10FNO4S. The van der Waals surface area contributed by atoms with Crippen molar-refractivity contribution in [2.75, 3.05) is 6.61 Å². The third-order valence-corrected chi connectivity index (χ3v) is 4.32. The average Bonchev–Trinajstić information content (AvgIpc) is 2.38. The van der Waals surface area contributed by atoms with Crippen LogP contribution in [0.3, 0.4) is 0 Å². The summed E-state index contributed by atoms with van der Waals surface area (Å²) in [5, 5.41) is 0. The summed E-state index contributed by atoms with van der Waals surface area (Å²) in [7, 11) is -4.11. The molecule has 0 saturated carbocycles. The zero-order valence-corrected chi connectivity index (χ0v) is 9.54. The highest BCUT2D eigenvalue weighted by Crippen LogP contribution is 2.32. The van der Waals surface area contributed by atoms with E-state index in [9.17, 15) is 17.6 Å². The van der Waals surface area contributed by atoms with Crippen molar-refractivity contribution in [2.24, 2.45) is 5.73 Å². The van der Waals surface area contributed by atoms with Crippen molar-refractivity contribution in [3.8, 4) is 5.75 Å². The van der Waals surface area contributed by atoms with Crippen molar-refractivity contribution >= 4 is 15.7 Å². The van der Waals surface area contributed by atoms with Crippen molar-refractivity contribution in [1.29, 1.82) is 0 Å². The Morgan fingerprint density at radius 1 is 1.47 bits per heavy atom. The van der Waals surface area contributed by atoms with Crippen LogP contribution in [-0.4, -0.2) is 26.4 Å². The van der Waals surface area contributed by atoms with Gasteiger partial charge in [-0.3, -0.25) is 4.79 Å². The molecular weight excluding hydrogens is 249 g/mol. The van der Waals surface area contributed by atoms with Gasteiger partial charge in [-0.25, -0.2) is 12.8 Å². The van der Waals surface area contributed by atoms with Gasteiger partial charge in [0, 0.05) is 12.0 Å². The molecule has 0 aromatic heterocycles. The van der Waals surface area contributed by atoms with Gasteiger partial charge in [-0.2, -0.15) is 0 Å². The van der Waals surface area contributed by atoms with Gasteiger partial charge in [0.1, 0.15) is 10.6 Å². The number of halogens is 1. The van der Waals surface area contributed by atoms with E-state index in [1.54, 1.807) is 0 Å². The molecule has 17 heavy (non-hydrogen) atoms. The van der Waals surface area contributed by atoms with Crippen LogP contribution in [0.1, 0.15) is 16.8 Å². The zero-order chi connectivity index (χ0) is 12.6. The number of amides is 1. The van der Waals surface area contributed by atoms with Gasteiger partial charge >= 0.3 is 0 Å². The van der Waals surface area contributed by atoms with E-state index in [2.05, 4.69) is 0 Å². The maximum atomic E-state index is 13.4. The summed E-state index contributed by atoms with van der Waals surface area (Å²) in [6, 6.07) is 3.70. The second-order valence-corrected chi connectivity index (χ2v) is 5.66. The number of carbonyl (C=O) groups is 1. The van der Waals surface area contributed by atoms with Crippen LogP contribution in [0.25, 0.3) is 0 Å². The summed E-state index contributed by atoms with van der Waals surface area (Å²) in [6.07, 6.45) is -0.233. The lowest BCUT2D eigenvalue weighted by molar-refractivity contribution is 0.1000. The van der Waals surface area contributed by atoms with E-state index in [1.165, 1.54) is 12.1 Å². The van der Waals surface area contributed by atoms with Crippen molar-refractivity contribution in [1.82, 2.24) is 0 Å². The van der Waals surface area contributed by atoms with Crippen molar-refractivity contribution in [2.45, 2.75) is 16.8 Å². The van der Waals surface area contributed by atoms with Crippen LogP contribution in [-0.2, 0) is 9.84 Å². The van der Waals surface area contributed by atoms with Gasteiger partial charge in [0.25, 0.3) is 0 Å². The molecule has 0 aliphatic carbocycles. The van der Waals surface area contributed by atoms with E-state index in [-0.39, 0.29) is 29.2 Å². The van der Waals surface area contributed by atoms with E-state index in [0.717, 1.165) is 6.07 Å². The number of nitrogens with two attached hydrogens (primary N) is 1. The Bertz CT molecular complexity index is 570. The first-order valence-electron chi connectivity index (χ1n) is 4.87. The molecule has 0 fully saturated rings. The van der Waals surface area contributed by atoms with Crippen LogP contribution in [0.2, 0.25) is 0 Å². The SMILES string of the molecule is NC(=O)c1ccc2c(c1)S(=O)(=O)C(F)CCO2. The molecule has 1 aromatic carbocycles. The predicted octanol–water partition coefficient (Wildman–Crippen LogP) is 0.637. The number of alkyl halides is 1. The minimum atomic E-state index is -4.11. The molecule has 1 aromatic rings. The fourth-order valence-electron chi connectivity index (χ4n) is 1.56. The number of carbonyl (C=O) groups excluding carboxylic acids is 1. The fraction of sp³-hybridized carbons (Fsp3) is 0.300. The number of benzene rings is 1. The minimum absolute atomic E-state index is 0.00465. The molecule has 2 rings (SSSR count). The van der Waals surface area contributed by atoms with Gasteiger partial charge in [0.15, 0.2) is 0 Å². The molecule has 0 radical (unpaired) electrons. The Kier molecular flexibility index (Phi) is 2.78. The first-order chi connectivity index (χ1) is 7.93. The molecule has 2 N–H and O–H groups in total. The summed E-state index contributed by atoms with van der Waals surface area (Å²) < 4.78 is 42.2. The smallest absolute Gasteiger partial charge is 0.248 e. The molecule has 0 spiro atoms. The third-order valence-electron chi connectivity index (χ3n) is 2.47. The van der Waals surface area contributed by atoms with Crippen LogP contribution in [0.15, 0.2) is 23.1 Å². The first-order valence-corrected chi connectivity index (χ1v) is 6.42. The Morgan fingerprint density at radius 2 is 2.18 bits per heavy atom. The van der Waals surface area contributed by atoms with Gasteiger partial charge in [0.05, 0.1) is 6.61 Å². The lowest BCUT2D eigenvalue weighted by Crippen LogP contribution is -2.17. The molecule has 7 heteroatoms. The Balaban J connectivity index is 2.65. The van der Waals surface area contributed by atoms with Crippen molar-refractivity contribution in [3.63, 3.8) is 0 Å². The van der Waals surface area contributed by atoms with E-state index >= 15 is 0 Å². The van der Waals surface area contributed by atoms with Crippen LogP contribution in [0.5, 0.6) is 5.75 Å². The summed E-state index contributed by atoms with van der Waals surface area (Å²) in [5.41, 5.74) is 3.02. The van der Waals surface area contributed by atoms with Gasteiger partial charge in [0.2, 0.25) is 21.2 Å². The van der Waals surface area contributed by atoms with Gasteiger partial charge in [-0.15, -0.1) is 0 Å². The highest BCUT2D eigenvalue weighted by molar-refractivity contribution is 7.92. The molecule has 0 bridgehead atoms. The Hall–Kier alpha value is -1.63. The van der Waals surface area contributed by atoms with E-state index in [1.807, 2.05) is 0 Å². The van der Waals surface area contributed by atoms with Crippen molar-refractivity contribution < 1.29 is 22.3 Å². The molecule has 0 saturated heterocycles.